The van der Waals surface area contributed by atoms with E-state index in [1.165, 1.54) is 0 Å². The highest BCUT2D eigenvalue weighted by Gasteiger charge is 2.32. The zero-order valence-electron chi connectivity index (χ0n) is 15.7. The number of nitrogens with one attached hydrogen (secondary N) is 1. The van der Waals surface area contributed by atoms with Crippen molar-refractivity contribution in [2.75, 3.05) is 33.4 Å². The van der Waals surface area contributed by atoms with Gasteiger partial charge < -0.3 is 24.1 Å². The average Bonchev–Trinajstić information content (AvgIpc) is 3.27. The molecule has 2 aliphatic heterocycles. The van der Waals surface area contributed by atoms with E-state index in [4.69, 9.17) is 13.9 Å². The fraction of sp³-hybridized carbons (Fsp3) is 0.778. The second-order valence-electron chi connectivity index (χ2n) is 7.68. The lowest BCUT2D eigenvalue weighted by Crippen LogP contribution is -2.53. The van der Waals surface area contributed by atoms with Gasteiger partial charge in [0.25, 0.3) is 0 Å². The van der Waals surface area contributed by atoms with Crippen molar-refractivity contribution < 1.29 is 13.9 Å². The molecule has 0 aliphatic carbocycles. The molecular weight excluding hydrogens is 320 g/mol. The van der Waals surface area contributed by atoms with E-state index in [0.717, 1.165) is 44.3 Å². The lowest BCUT2D eigenvalue weighted by Gasteiger charge is -2.37. The summed E-state index contributed by atoms with van der Waals surface area (Å²) in [5, 5.41) is 3.35. The van der Waals surface area contributed by atoms with Gasteiger partial charge in [0.05, 0.1) is 25.5 Å². The second-order valence-corrected chi connectivity index (χ2v) is 7.68. The standard InChI is InChI=1S/C18H30N4O3/c1-18(2,3)15-10-20-16(25-15)11-21-17(19-4)22-7-9-24-14(12-22)13-6-5-8-23-13/h10,13-14H,5-9,11-12H2,1-4H3,(H,19,21). The number of oxazole rings is 1. The normalized spacial score (nSPS) is 25.4. The molecule has 0 aromatic carbocycles. The Balaban J connectivity index is 1.56. The highest BCUT2D eigenvalue weighted by molar-refractivity contribution is 5.79. The van der Waals surface area contributed by atoms with E-state index < -0.39 is 0 Å². The summed E-state index contributed by atoms with van der Waals surface area (Å²) in [5.41, 5.74) is -0.0361. The molecule has 0 spiro atoms. The van der Waals surface area contributed by atoms with Crippen LogP contribution < -0.4 is 5.32 Å². The van der Waals surface area contributed by atoms with Crippen LogP contribution in [0.4, 0.5) is 0 Å². The molecule has 0 saturated carbocycles. The van der Waals surface area contributed by atoms with Crippen molar-refractivity contribution in [2.24, 2.45) is 4.99 Å². The molecule has 0 amide bonds. The number of ether oxygens (including phenoxy) is 2. The number of rotatable bonds is 3. The van der Waals surface area contributed by atoms with Gasteiger partial charge in [0, 0.05) is 32.2 Å². The predicted molar refractivity (Wildman–Crippen MR) is 95.7 cm³/mol. The Hall–Kier alpha value is -1.60. The molecule has 140 valence electrons. The zero-order chi connectivity index (χ0) is 17.9. The highest BCUT2D eigenvalue weighted by atomic mass is 16.5. The lowest BCUT2D eigenvalue weighted by atomic mass is 9.94. The fourth-order valence-electron chi connectivity index (χ4n) is 3.21. The maximum absolute atomic E-state index is 5.91. The molecule has 2 unspecified atom stereocenters. The zero-order valence-corrected chi connectivity index (χ0v) is 15.7. The number of aromatic nitrogens is 1. The van der Waals surface area contributed by atoms with Crippen LogP contribution in [0.3, 0.4) is 0 Å². The molecule has 25 heavy (non-hydrogen) atoms. The van der Waals surface area contributed by atoms with Gasteiger partial charge in [-0.05, 0) is 12.8 Å². The second kappa shape index (κ2) is 7.74. The van der Waals surface area contributed by atoms with Gasteiger partial charge in [-0.3, -0.25) is 4.99 Å². The predicted octanol–water partition coefficient (Wildman–Crippen LogP) is 1.93. The van der Waals surface area contributed by atoms with Gasteiger partial charge in [-0.2, -0.15) is 0 Å². The summed E-state index contributed by atoms with van der Waals surface area (Å²) < 4.78 is 17.5. The first-order valence-electron chi connectivity index (χ1n) is 9.11. The highest BCUT2D eigenvalue weighted by Crippen LogP contribution is 2.23. The summed E-state index contributed by atoms with van der Waals surface area (Å²) in [6, 6.07) is 0. The van der Waals surface area contributed by atoms with Crippen LogP contribution in [-0.2, 0) is 21.4 Å². The number of aliphatic imine (C=N–C) groups is 1. The molecule has 3 heterocycles. The average molecular weight is 350 g/mol. The third-order valence-corrected chi connectivity index (χ3v) is 4.67. The number of morpholine rings is 1. The third-order valence-electron chi connectivity index (χ3n) is 4.67. The van der Waals surface area contributed by atoms with Gasteiger partial charge in [-0.25, -0.2) is 4.98 Å². The molecule has 1 aromatic heterocycles. The van der Waals surface area contributed by atoms with Crippen molar-refractivity contribution in [3.8, 4) is 0 Å². The van der Waals surface area contributed by atoms with Crippen molar-refractivity contribution in [3.63, 3.8) is 0 Å². The number of hydrogen-bond acceptors (Lipinski definition) is 5. The largest absolute Gasteiger partial charge is 0.443 e. The van der Waals surface area contributed by atoms with E-state index in [-0.39, 0.29) is 17.6 Å². The molecule has 2 atom stereocenters. The Morgan fingerprint density at radius 2 is 2.12 bits per heavy atom. The van der Waals surface area contributed by atoms with Crippen LogP contribution in [0.5, 0.6) is 0 Å². The molecular formula is C18H30N4O3. The van der Waals surface area contributed by atoms with E-state index in [9.17, 15) is 0 Å². The number of hydrogen-bond donors (Lipinski definition) is 1. The molecule has 0 radical (unpaired) electrons. The van der Waals surface area contributed by atoms with Gasteiger partial charge in [0.1, 0.15) is 11.9 Å². The minimum absolute atomic E-state index is 0.0361. The van der Waals surface area contributed by atoms with Gasteiger partial charge in [0.2, 0.25) is 5.89 Å². The number of guanidine groups is 1. The van der Waals surface area contributed by atoms with Crippen molar-refractivity contribution in [2.45, 2.75) is 57.8 Å². The van der Waals surface area contributed by atoms with Crippen molar-refractivity contribution in [1.29, 1.82) is 0 Å². The maximum Gasteiger partial charge on any atom is 0.213 e. The SMILES string of the molecule is CN=C(NCc1ncc(C(C)(C)C)o1)N1CCOC(C2CCCO2)C1. The third kappa shape index (κ3) is 4.52. The van der Waals surface area contributed by atoms with Crippen molar-refractivity contribution in [3.05, 3.63) is 17.8 Å². The Bertz CT molecular complexity index is 587. The summed E-state index contributed by atoms with van der Waals surface area (Å²) >= 11 is 0. The van der Waals surface area contributed by atoms with Gasteiger partial charge >= 0.3 is 0 Å². The number of nitrogens with zero attached hydrogens (tertiary/aromatic N) is 3. The van der Waals surface area contributed by atoms with Crippen LogP contribution in [0.25, 0.3) is 0 Å². The van der Waals surface area contributed by atoms with Gasteiger partial charge in [-0.1, -0.05) is 20.8 Å². The van der Waals surface area contributed by atoms with Crippen molar-refractivity contribution >= 4 is 5.96 Å². The molecule has 7 heteroatoms. The van der Waals surface area contributed by atoms with Crippen LogP contribution in [0, 0.1) is 0 Å². The lowest BCUT2D eigenvalue weighted by molar-refractivity contribution is -0.0817. The first kappa shape index (κ1) is 18.2. The molecule has 2 fully saturated rings. The van der Waals surface area contributed by atoms with E-state index in [1.54, 1.807) is 7.05 Å². The molecule has 7 nitrogen and oxygen atoms in total. The van der Waals surface area contributed by atoms with E-state index in [2.05, 4.69) is 41.0 Å². The van der Waals surface area contributed by atoms with E-state index in [0.29, 0.717) is 19.0 Å². The monoisotopic (exact) mass is 350 g/mol. The fourth-order valence-corrected chi connectivity index (χ4v) is 3.21. The van der Waals surface area contributed by atoms with Crippen LogP contribution in [0.2, 0.25) is 0 Å². The maximum atomic E-state index is 5.91. The molecule has 0 bridgehead atoms. The summed E-state index contributed by atoms with van der Waals surface area (Å²) in [5.74, 6) is 2.42. The van der Waals surface area contributed by atoms with Crippen LogP contribution >= 0.6 is 0 Å². The Morgan fingerprint density at radius 1 is 1.32 bits per heavy atom. The van der Waals surface area contributed by atoms with Gasteiger partial charge in [-0.15, -0.1) is 0 Å². The Morgan fingerprint density at radius 3 is 2.76 bits per heavy atom. The van der Waals surface area contributed by atoms with Crippen LogP contribution in [0.1, 0.15) is 45.3 Å². The molecule has 2 aliphatic rings. The first-order chi connectivity index (χ1) is 12.0. The quantitative estimate of drug-likeness (QED) is 0.663. The van der Waals surface area contributed by atoms with E-state index >= 15 is 0 Å². The molecule has 1 aromatic rings. The summed E-state index contributed by atoms with van der Waals surface area (Å²) in [7, 11) is 1.80. The van der Waals surface area contributed by atoms with Gasteiger partial charge in [0.15, 0.2) is 5.96 Å². The van der Waals surface area contributed by atoms with Crippen LogP contribution in [0.15, 0.2) is 15.6 Å². The smallest absolute Gasteiger partial charge is 0.213 e. The summed E-state index contributed by atoms with van der Waals surface area (Å²) in [6.45, 7) is 10.0. The van der Waals surface area contributed by atoms with Crippen LogP contribution in [-0.4, -0.2) is 61.4 Å². The Kier molecular flexibility index (Phi) is 5.64. The minimum atomic E-state index is -0.0361. The van der Waals surface area contributed by atoms with E-state index in [1.807, 2.05) is 6.20 Å². The summed E-state index contributed by atoms with van der Waals surface area (Å²) in [6.07, 6.45) is 4.34. The van der Waals surface area contributed by atoms with Crippen molar-refractivity contribution in [1.82, 2.24) is 15.2 Å². The molecule has 3 rings (SSSR count). The molecule has 1 N–H and O–H groups in total. The Labute approximate surface area is 149 Å². The summed E-state index contributed by atoms with van der Waals surface area (Å²) in [4.78, 5) is 11.0. The molecule has 2 saturated heterocycles. The minimum Gasteiger partial charge on any atom is -0.443 e. The topological polar surface area (TPSA) is 72.1 Å². The first-order valence-corrected chi connectivity index (χ1v) is 9.11.